The Hall–Kier alpha value is -1.49. The molecule has 1 amide bonds. The molecule has 1 fully saturated rings. The van der Waals surface area contributed by atoms with Gasteiger partial charge in [-0.05, 0) is 59.2 Å². The molecule has 1 saturated heterocycles. The first-order chi connectivity index (χ1) is 9.63. The van der Waals surface area contributed by atoms with Crippen LogP contribution in [0.15, 0.2) is 6.07 Å². The maximum atomic E-state index is 12.8. The summed E-state index contributed by atoms with van der Waals surface area (Å²) in [5, 5.41) is 11.3. The molecular weight excluding hydrogens is 252 g/mol. The molecule has 1 atom stereocenters. The summed E-state index contributed by atoms with van der Waals surface area (Å²) >= 11 is 0. The van der Waals surface area contributed by atoms with Gasteiger partial charge in [-0.25, -0.2) is 0 Å². The van der Waals surface area contributed by atoms with Crippen LogP contribution in [0.1, 0.15) is 47.4 Å². The number of nitrogens with zero attached hydrogens (tertiary/aromatic N) is 3. The predicted molar refractivity (Wildman–Crippen MR) is 78.7 cm³/mol. The van der Waals surface area contributed by atoms with Crippen LogP contribution in [0.5, 0.6) is 0 Å². The molecule has 1 N–H and O–H groups in total. The Morgan fingerprint density at radius 3 is 2.95 bits per heavy atom. The van der Waals surface area contributed by atoms with Gasteiger partial charge in [0.05, 0.1) is 17.0 Å². The molecule has 1 unspecified atom stereocenters. The third-order valence-corrected chi connectivity index (χ3v) is 3.95. The van der Waals surface area contributed by atoms with E-state index < -0.39 is 0 Å². The van der Waals surface area contributed by atoms with Gasteiger partial charge in [0.2, 0.25) is 0 Å². The summed E-state index contributed by atoms with van der Waals surface area (Å²) in [6, 6.07) is 2.20. The summed E-state index contributed by atoms with van der Waals surface area (Å²) in [4.78, 5) is 14.8. The quantitative estimate of drug-likeness (QED) is 0.909. The maximum Gasteiger partial charge on any atom is 0.256 e. The average molecular weight is 276 g/mol. The van der Waals surface area contributed by atoms with E-state index in [1.807, 2.05) is 31.9 Å². The van der Waals surface area contributed by atoms with Crippen LogP contribution >= 0.6 is 0 Å². The zero-order valence-electron chi connectivity index (χ0n) is 12.6. The highest BCUT2D eigenvalue weighted by Gasteiger charge is 2.28. The van der Waals surface area contributed by atoms with E-state index in [0.717, 1.165) is 43.7 Å². The van der Waals surface area contributed by atoms with Crippen molar-refractivity contribution in [3.8, 4) is 0 Å². The second kappa shape index (κ2) is 6.79. The van der Waals surface area contributed by atoms with Crippen molar-refractivity contribution in [2.24, 2.45) is 0 Å². The molecule has 5 heteroatoms. The number of piperidine rings is 1. The van der Waals surface area contributed by atoms with Gasteiger partial charge in [0.25, 0.3) is 5.91 Å². The molecule has 1 aromatic heterocycles. The van der Waals surface area contributed by atoms with Gasteiger partial charge in [-0.15, -0.1) is 0 Å². The molecule has 2 heterocycles. The molecule has 20 heavy (non-hydrogen) atoms. The van der Waals surface area contributed by atoms with Gasteiger partial charge in [0, 0.05) is 12.6 Å². The Morgan fingerprint density at radius 2 is 2.20 bits per heavy atom. The van der Waals surface area contributed by atoms with Crippen molar-refractivity contribution in [1.82, 2.24) is 20.4 Å². The molecule has 0 saturated carbocycles. The Labute approximate surface area is 120 Å². The van der Waals surface area contributed by atoms with Crippen molar-refractivity contribution in [3.05, 3.63) is 23.0 Å². The van der Waals surface area contributed by atoms with Crippen LogP contribution in [0.4, 0.5) is 0 Å². The third kappa shape index (κ3) is 3.33. The summed E-state index contributed by atoms with van der Waals surface area (Å²) < 4.78 is 0. The molecule has 0 radical (unpaired) electrons. The molecular formula is C15H24N4O. The molecule has 0 spiro atoms. The van der Waals surface area contributed by atoms with Gasteiger partial charge in [0.1, 0.15) is 0 Å². The lowest BCUT2D eigenvalue weighted by molar-refractivity contribution is 0.0601. The van der Waals surface area contributed by atoms with E-state index in [4.69, 9.17) is 0 Å². The third-order valence-electron chi connectivity index (χ3n) is 3.95. The fraction of sp³-hybridized carbons (Fsp3) is 0.667. The lowest BCUT2D eigenvalue weighted by Crippen LogP contribution is -2.45. The van der Waals surface area contributed by atoms with Crippen molar-refractivity contribution < 1.29 is 4.79 Å². The highest BCUT2D eigenvalue weighted by atomic mass is 16.2. The van der Waals surface area contributed by atoms with E-state index in [0.29, 0.717) is 11.6 Å². The van der Waals surface area contributed by atoms with Crippen LogP contribution in [0, 0.1) is 13.8 Å². The summed E-state index contributed by atoms with van der Waals surface area (Å²) in [5.74, 6) is 0.112. The monoisotopic (exact) mass is 276 g/mol. The number of carbonyl (C=O) groups excluding carboxylic acids is 1. The number of carbonyl (C=O) groups is 1. The molecule has 0 aliphatic carbocycles. The van der Waals surface area contributed by atoms with E-state index in [9.17, 15) is 4.79 Å². The number of aromatic nitrogens is 2. The van der Waals surface area contributed by atoms with Gasteiger partial charge in [-0.2, -0.15) is 10.2 Å². The van der Waals surface area contributed by atoms with E-state index in [1.165, 1.54) is 6.42 Å². The Balaban J connectivity index is 2.18. The largest absolute Gasteiger partial charge is 0.336 e. The zero-order chi connectivity index (χ0) is 14.5. The molecule has 1 aliphatic rings. The van der Waals surface area contributed by atoms with Crippen molar-refractivity contribution in [2.45, 2.75) is 45.6 Å². The maximum absolute atomic E-state index is 12.8. The SMILES string of the molecule is CNCCC1CCCCN1C(=O)c1cc(C)nnc1C. The summed E-state index contributed by atoms with van der Waals surface area (Å²) in [7, 11) is 1.95. The number of nitrogens with one attached hydrogen (secondary N) is 1. The fourth-order valence-corrected chi connectivity index (χ4v) is 2.80. The van der Waals surface area contributed by atoms with E-state index in [2.05, 4.69) is 15.5 Å². The summed E-state index contributed by atoms with van der Waals surface area (Å²) in [6.07, 6.45) is 4.42. The van der Waals surface area contributed by atoms with Crippen LogP contribution in [0.3, 0.4) is 0 Å². The minimum atomic E-state index is 0.112. The Kier molecular flexibility index (Phi) is 5.06. The lowest BCUT2D eigenvalue weighted by Gasteiger charge is -2.36. The average Bonchev–Trinajstić information content (AvgIpc) is 2.47. The Bertz CT molecular complexity index is 475. The molecule has 5 nitrogen and oxygen atoms in total. The fourth-order valence-electron chi connectivity index (χ4n) is 2.80. The molecule has 1 aromatic rings. The first-order valence-electron chi connectivity index (χ1n) is 7.40. The van der Waals surface area contributed by atoms with Crippen LogP contribution in [-0.2, 0) is 0 Å². The molecule has 110 valence electrons. The van der Waals surface area contributed by atoms with Crippen LogP contribution in [0.2, 0.25) is 0 Å². The van der Waals surface area contributed by atoms with E-state index in [-0.39, 0.29) is 5.91 Å². The van der Waals surface area contributed by atoms with Crippen molar-refractivity contribution in [2.75, 3.05) is 20.1 Å². The van der Waals surface area contributed by atoms with Gasteiger partial charge in [-0.1, -0.05) is 0 Å². The van der Waals surface area contributed by atoms with Gasteiger partial charge in [-0.3, -0.25) is 4.79 Å². The van der Waals surface area contributed by atoms with Crippen LogP contribution < -0.4 is 5.32 Å². The van der Waals surface area contributed by atoms with Crippen molar-refractivity contribution >= 4 is 5.91 Å². The van der Waals surface area contributed by atoms with E-state index >= 15 is 0 Å². The van der Waals surface area contributed by atoms with Gasteiger partial charge < -0.3 is 10.2 Å². The Morgan fingerprint density at radius 1 is 1.40 bits per heavy atom. The zero-order valence-corrected chi connectivity index (χ0v) is 12.6. The number of amides is 1. The van der Waals surface area contributed by atoms with Crippen molar-refractivity contribution in [1.29, 1.82) is 0 Å². The highest BCUT2D eigenvalue weighted by molar-refractivity contribution is 5.95. The van der Waals surface area contributed by atoms with Gasteiger partial charge in [0.15, 0.2) is 0 Å². The van der Waals surface area contributed by atoms with Crippen LogP contribution in [0.25, 0.3) is 0 Å². The summed E-state index contributed by atoms with van der Waals surface area (Å²) in [6.45, 7) is 5.53. The molecule has 1 aliphatic heterocycles. The molecule has 0 bridgehead atoms. The number of likely N-dealkylation sites (tertiary alicyclic amines) is 1. The highest BCUT2D eigenvalue weighted by Crippen LogP contribution is 2.22. The normalized spacial score (nSPS) is 19.1. The number of rotatable bonds is 4. The van der Waals surface area contributed by atoms with Crippen molar-refractivity contribution in [3.63, 3.8) is 0 Å². The number of aryl methyl sites for hydroxylation is 2. The molecule has 0 aromatic carbocycles. The number of hydrogen-bond donors (Lipinski definition) is 1. The first kappa shape index (κ1) is 14.9. The predicted octanol–water partition coefficient (Wildman–Crippen LogP) is 1.70. The number of hydrogen-bond acceptors (Lipinski definition) is 4. The second-order valence-corrected chi connectivity index (χ2v) is 5.53. The van der Waals surface area contributed by atoms with Gasteiger partial charge >= 0.3 is 0 Å². The smallest absolute Gasteiger partial charge is 0.256 e. The second-order valence-electron chi connectivity index (χ2n) is 5.53. The summed E-state index contributed by atoms with van der Waals surface area (Å²) in [5.41, 5.74) is 2.22. The molecule has 2 rings (SSSR count). The lowest BCUT2D eigenvalue weighted by atomic mass is 9.98. The minimum Gasteiger partial charge on any atom is -0.336 e. The minimum absolute atomic E-state index is 0.112. The van der Waals surface area contributed by atoms with E-state index in [1.54, 1.807) is 0 Å². The first-order valence-corrected chi connectivity index (χ1v) is 7.40. The standard InChI is InChI=1S/C15H24N4O/c1-11-10-14(12(2)18-17-11)15(20)19-9-5-4-6-13(19)7-8-16-3/h10,13,16H,4-9H2,1-3H3. The topological polar surface area (TPSA) is 58.1 Å². The van der Waals surface area contributed by atoms with Crippen LogP contribution in [-0.4, -0.2) is 47.2 Å².